The maximum Gasteiger partial charge on any atom is 0.390 e. The van der Waals surface area contributed by atoms with Crippen LogP contribution in [-0.4, -0.2) is 52.6 Å². The Kier molecular flexibility index (Phi) is 6.85. The van der Waals surface area contributed by atoms with Gasteiger partial charge in [-0.25, -0.2) is 18.1 Å². The molecule has 0 bridgehead atoms. The first-order valence-corrected chi connectivity index (χ1v) is 11.7. The van der Waals surface area contributed by atoms with Crippen LogP contribution >= 0.6 is 0 Å². The predicted molar refractivity (Wildman–Crippen MR) is 107 cm³/mol. The monoisotopic (exact) mass is 448 g/mol. The van der Waals surface area contributed by atoms with E-state index in [-0.39, 0.29) is 12.1 Å². The first-order chi connectivity index (χ1) is 14.0. The molecule has 12 heteroatoms. The fourth-order valence-electron chi connectivity index (χ4n) is 3.59. The summed E-state index contributed by atoms with van der Waals surface area (Å²) >= 11 is 0. The van der Waals surface area contributed by atoms with Gasteiger partial charge in [0.2, 0.25) is 16.0 Å². The molecule has 3 rings (SSSR count). The van der Waals surface area contributed by atoms with Crippen LogP contribution in [0.3, 0.4) is 0 Å². The summed E-state index contributed by atoms with van der Waals surface area (Å²) in [5.41, 5.74) is 1.60. The molecule has 0 radical (unpaired) electrons. The van der Waals surface area contributed by atoms with Crippen LogP contribution in [0.15, 0.2) is 6.20 Å². The third-order valence-corrected chi connectivity index (χ3v) is 6.50. The van der Waals surface area contributed by atoms with E-state index in [0.29, 0.717) is 43.2 Å². The lowest BCUT2D eigenvalue weighted by atomic mass is 9.92. The Morgan fingerprint density at radius 3 is 2.50 bits per heavy atom. The highest BCUT2D eigenvalue weighted by atomic mass is 32.2. The molecule has 1 aliphatic rings. The molecular weight excluding hydrogens is 421 g/mol. The smallest absolute Gasteiger partial charge is 0.351 e. The van der Waals surface area contributed by atoms with Gasteiger partial charge in [-0.3, -0.25) is 5.10 Å². The SMILES string of the molecule is CC(C)Cc1[nH]nc2nc(NC3CCC(NS(=O)(=O)CCC(F)(F)F)CC3)ncc12. The molecule has 0 saturated heterocycles. The van der Waals surface area contributed by atoms with E-state index in [1.165, 1.54) is 0 Å². The third kappa shape index (κ3) is 6.53. The lowest BCUT2D eigenvalue weighted by molar-refractivity contribution is -0.130. The summed E-state index contributed by atoms with van der Waals surface area (Å²) in [4.78, 5) is 8.81. The molecule has 2 aromatic heterocycles. The number of alkyl halides is 3. The van der Waals surface area contributed by atoms with Crippen LogP contribution in [0.4, 0.5) is 19.1 Å². The number of H-pyrrole nitrogens is 1. The molecule has 0 unspecified atom stereocenters. The quantitative estimate of drug-likeness (QED) is 0.572. The van der Waals surface area contributed by atoms with Crippen molar-refractivity contribution in [2.45, 2.75) is 70.6 Å². The topological polar surface area (TPSA) is 113 Å². The number of nitrogens with one attached hydrogen (secondary N) is 3. The van der Waals surface area contributed by atoms with E-state index in [9.17, 15) is 21.6 Å². The van der Waals surface area contributed by atoms with E-state index in [4.69, 9.17) is 0 Å². The van der Waals surface area contributed by atoms with Gasteiger partial charge in [0, 0.05) is 24.0 Å². The molecule has 0 spiro atoms. The average Bonchev–Trinajstić information content (AvgIpc) is 3.03. The lowest BCUT2D eigenvalue weighted by Crippen LogP contribution is -2.41. The molecule has 30 heavy (non-hydrogen) atoms. The van der Waals surface area contributed by atoms with Crippen molar-refractivity contribution in [1.29, 1.82) is 0 Å². The third-order valence-electron chi connectivity index (χ3n) is 5.06. The largest absolute Gasteiger partial charge is 0.390 e. The average molecular weight is 449 g/mol. The molecule has 3 N–H and O–H groups in total. The molecule has 1 fully saturated rings. The fourth-order valence-corrected chi connectivity index (χ4v) is 4.95. The van der Waals surface area contributed by atoms with Crippen LogP contribution in [0.1, 0.15) is 51.6 Å². The molecule has 1 saturated carbocycles. The summed E-state index contributed by atoms with van der Waals surface area (Å²) in [5.74, 6) is -0.00261. The van der Waals surface area contributed by atoms with Crippen molar-refractivity contribution in [2.24, 2.45) is 5.92 Å². The fraction of sp³-hybridized carbons (Fsp3) is 0.722. The number of hydrogen-bond acceptors (Lipinski definition) is 6. The van der Waals surface area contributed by atoms with Crippen LogP contribution < -0.4 is 10.0 Å². The van der Waals surface area contributed by atoms with Gasteiger partial charge >= 0.3 is 6.18 Å². The minimum absolute atomic E-state index is 0.0625. The molecular formula is C18H27F3N6O2S. The van der Waals surface area contributed by atoms with Crippen molar-refractivity contribution in [3.8, 4) is 0 Å². The maximum atomic E-state index is 12.3. The second-order valence-electron chi connectivity index (χ2n) is 8.23. The highest BCUT2D eigenvalue weighted by Crippen LogP contribution is 2.24. The standard InChI is InChI=1S/C18H27F3N6O2S/c1-11(2)9-15-14-10-22-17(24-16(14)26-25-15)23-12-3-5-13(6-4-12)27-30(28,29)8-7-18(19,20)21/h10-13,27H,3-9H2,1-2H3,(H2,22,23,24,25,26). The van der Waals surface area contributed by atoms with Crippen LogP contribution in [0, 0.1) is 5.92 Å². The highest BCUT2D eigenvalue weighted by Gasteiger charge is 2.31. The van der Waals surface area contributed by atoms with E-state index >= 15 is 0 Å². The van der Waals surface area contributed by atoms with E-state index < -0.39 is 28.4 Å². The summed E-state index contributed by atoms with van der Waals surface area (Å²) in [5, 5.41) is 11.4. The second-order valence-corrected chi connectivity index (χ2v) is 10.1. The molecule has 1 aliphatic carbocycles. The summed E-state index contributed by atoms with van der Waals surface area (Å²) in [6.45, 7) is 4.24. The normalized spacial score (nSPS) is 20.7. The van der Waals surface area contributed by atoms with Gasteiger partial charge in [0.1, 0.15) is 0 Å². The number of aromatic amines is 1. The van der Waals surface area contributed by atoms with Crippen molar-refractivity contribution in [2.75, 3.05) is 11.1 Å². The van der Waals surface area contributed by atoms with Gasteiger partial charge in [-0.1, -0.05) is 13.8 Å². The van der Waals surface area contributed by atoms with Gasteiger partial charge in [-0.05, 0) is 38.0 Å². The van der Waals surface area contributed by atoms with Crippen LogP contribution in [0.2, 0.25) is 0 Å². The molecule has 168 valence electrons. The van der Waals surface area contributed by atoms with Crippen molar-refractivity contribution in [3.63, 3.8) is 0 Å². The summed E-state index contributed by atoms with van der Waals surface area (Å²) in [6, 6.07) is -0.290. The number of hydrogen-bond donors (Lipinski definition) is 3. The van der Waals surface area contributed by atoms with Crippen molar-refractivity contribution in [1.82, 2.24) is 24.9 Å². The zero-order valence-corrected chi connectivity index (χ0v) is 17.8. The molecule has 0 aromatic carbocycles. The Morgan fingerprint density at radius 2 is 1.87 bits per heavy atom. The van der Waals surface area contributed by atoms with Crippen LogP contribution in [-0.2, 0) is 16.4 Å². The first kappa shape index (κ1) is 22.7. The second kappa shape index (κ2) is 9.04. The summed E-state index contributed by atoms with van der Waals surface area (Å²) in [7, 11) is -3.95. The zero-order valence-electron chi connectivity index (χ0n) is 17.0. The summed E-state index contributed by atoms with van der Waals surface area (Å²) < 4.78 is 62.9. The van der Waals surface area contributed by atoms with E-state index in [1.54, 1.807) is 6.20 Å². The number of sulfonamides is 1. The van der Waals surface area contributed by atoms with E-state index in [0.717, 1.165) is 17.5 Å². The minimum Gasteiger partial charge on any atom is -0.351 e. The minimum atomic E-state index is -4.48. The van der Waals surface area contributed by atoms with Crippen molar-refractivity contribution in [3.05, 3.63) is 11.9 Å². The molecule has 2 aromatic rings. The van der Waals surface area contributed by atoms with Gasteiger partial charge in [0.25, 0.3) is 0 Å². The number of aromatic nitrogens is 4. The molecule has 8 nitrogen and oxygen atoms in total. The number of anilines is 1. The lowest BCUT2D eigenvalue weighted by Gasteiger charge is -2.29. The Bertz CT molecular complexity index is 952. The van der Waals surface area contributed by atoms with E-state index in [1.807, 2.05) is 0 Å². The van der Waals surface area contributed by atoms with Gasteiger partial charge < -0.3 is 5.32 Å². The van der Waals surface area contributed by atoms with E-state index in [2.05, 4.69) is 44.1 Å². The maximum absolute atomic E-state index is 12.3. The number of fused-ring (bicyclic) bond motifs is 1. The molecule has 2 heterocycles. The van der Waals surface area contributed by atoms with Gasteiger partial charge in [0.05, 0.1) is 17.6 Å². The Hall–Kier alpha value is -1.95. The molecule has 0 amide bonds. The Morgan fingerprint density at radius 1 is 1.20 bits per heavy atom. The Labute approximate surface area is 173 Å². The highest BCUT2D eigenvalue weighted by molar-refractivity contribution is 7.89. The zero-order chi connectivity index (χ0) is 21.9. The van der Waals surface area contributed by atoms with Gasteiger partial charge in [0.15, 0.2) is 5.65 Å². The van der Waals surface area contributed by atoms with Crippen LogP contribution in [0.5, 0.6) is 0 Å². The van der Waals surface area contributed by atoms with Crippen molar-refractivity contribution < 1.29 is 21.6 Å². The van der Waals surface area contributed by atoms with Crippen molar-refractivity contribution >= 4 is 27.0 Å². The number of rotatable bonds is 8. The number of halogens is 3. The van der Waals surface area contributed by atoms with Gasteiger partial charge in [-0.15, -0.1) is 0 Å². The Balaban J connectivity index is 1.51. The molecule has 0 atom stereocenters. The molecule has 0 aliphatic heterocycles. The van der Waals surface area contributed by atoms with Crippen LogP contribution in [0.25, 0.3) is 11.0 Å². The first-order valence-electron chi connectivity index (χ1n) is 10.0. The summed E-state index contributed by atoms with van der Waals surface area (Å²) in [6.07, 6.45) is -0.841. The van der Waals surface area contributed by atoms with Gasteiger partial charge in [-0.2, -0.15) is 23.3 Å². The number of nitrogens with zero attached hydrogens (tertiary/aromatic N) is 3. The predicted octanol–water partition coefficient (Wildman–Crippen LogP) is 3.15.